The predicted octanol–water partition coefficient (Wildman–Crippen LogP) is 3.10. The van der Waals surface area contributed by atoms with Crippen molar-refractivity contribution in [3.63, 3.8) is 0 Å². The number of carbonyl (C=O) groups excluding carboxylic acids is 1. The lowest BCUT2D eigenvalue weighted by Gasteiger charge is -2.16. The van der Waals surface area contributed by atoms with Crippen molar-refractivity contribution >= 4 is 6.29 Å². The van der Waals surface area contributed by atoms with E-state index in [4.69, 9.17) is 9.47 Å². The highest BCUT2D eigenvalue weighted by Crippen LogP contribution is 2.32. The van der Waals surface area contributed by atoms with Crippen LogP contribution in [-0.2, 0) is 6.42 Å². The first kappa shape index (κ1) is 13.6. The first-order valence-corrected chi connectivity index (χ1v) is 5.91. The van der Waals surface area contributed by atoms with Gasteiger partial charge in [-0.15, -0.1) is 0 Å². The summed E-state index contributed by atoms with van der Waals surface area (Å²) in [6, 6.07) is 3.79. The topological polar surface area (TPSA) is 35.5 Å². The Morgan fingerprint density at radius 3 is 2.53 bits per heavy atom. The van der Waals surface area contributed by atoms with Crippen LogP contribution in [0, 0.1) is 5.92 Å². The molecule has 3 nitrogen and oxygen atoms in total. The number of ether oxygens (including phenoxy) is 2. The van der Waals surface area contributed by atoms with Gasteiger partial charge in [-0.1, -0.05) is 19.9 Å². The van der Waals surface area contributed by atoms with Gasteiger partial charge in [0.25, 0.3) is 0 Å². The Kier molecular flexibility index (Phi) is 5.01. The Hall–Kier alpha value is -1.51. The number of methoxy groups -OCH3 is 1. The monoisotopic (exact) mass is 236 g/mol. The number of hydrogen-bond donors (Lipinski definition) is 0. The lowest BCUT2D eigenvalue weighted by Crippen LogP contribution is -2.05. The summed E-state index contributed by atoms with van der Waals surface area (Å²) in [6.45, 7) is 6.73. The quantitative estimate of drug-likeness (QED) is 0.712. The van der Waals surface area contributed by atoms with Crippen molar-refractivity contribution in [3.05, 3.63) is 23.3 Å². The minimum Gasteiger partial charge on any atom is -0.496 e. The molecule has 0 aliphatic carbocycles. The van der Waals surface area contributed by atoms with E-state index >= 15 is 0 Å². The average Bonchev–Trinajstić information content (AvgIpc) is 2.30. The van der Waals surface area contributed by atoms with E-state index in [9.17, 15) is 4.79 Å². The molecule has 94 valence electrons. The minimum atomic E-state index is 0.507. The Bertz CT molecular complexity index is 383. The standard InChI is InChI=1S/C14H20O3/c1-5-17-14-11(8-10(2)3)6-7-13(16-4)12(14)9-15/h6-7,9-10H,5,8H2,1-4H3. The van der Waals surface area contributed by atoms with Gasteiger partial charge in [0.1, 0.15) is 11.5 Å². The van der Waals surface area contributed by atoms with Gasteiger partial charge in [-0.3, -0.25) is 4.79 Å². The second kappa shape index (κ2) is 6.28. The van der Waals surface area contributed by atoms with Crippen molar-refractivity contribution in [2.45, 2.75) is 27.2 Å². The first-order chi connectivity index (χ1) is 8.13. The van der Waals surface area contributed by atoms with E-state index in [-0.39, 0.29) is 0 Å². The number of carbonyl (C=O) groups is 1. The van der Waals surface area contributed by atoms with Crippen molar-refractivity contribution in [3.8, 4) is 11.5 Å². The molecule has 0 aliphatic heterocycles. The van der Waals surface area contributed by atoms with Crippen molar-refractivity contribution in [2.75, 3.05) is 13.7 Å². The molecule has 0 radical (unpaired) electrons. The maximum absolute atomic E-state index is 11.2. The van der Waals surface area contributed by atoms with E-state index in [1.165, 1.54) is 0 Å². The van der Waals surface area contributed by atoms with Crippen LogP contribution in [0.5, 0.6) is 11.5 Å². The molecule has 0 spiro atoms. The van der Waals surface area contributed by atoms with E-state index in [1.54, 1.807) is 7.11 Å². The van der Waals surface area contributed by atoms with Crippen LogP contribution in [0.1, 0.15) is 36.7 Å². The zero-order chi connectivity index (χ0) is 12.8. The summed E-state index contributed by atoms with van der Waals surface area (Å²) in [7, 11) is 1.56. The second-order valence-electron chi connectivity index (χ2n) is 4.32. The van der Waals surface area contributed by atoms with Crippen LogP contribution < -0.4 is 9.47 Å². The molecule has 0 aromatic heterocycles. The fraction of sp³-hybridized carbons (Fsp3) is 0.500. The molecule has 0 saturated carbocycles. The molecule has 0 unspecified atom stereocenters. The van der Waals surface area contributed by atoms with Gasteiger partial charge in [0.05, 0.1) is 19.3 Å². The van der Waals surface area contributed by atoms with Gasteiger partial charge in [0.2, 0.25) is 0 Å². The minimum absolute atomic E-state index is 0.507. The largest absolute Gasteiger partial charge is 0.496 e. The first-order valence-electron chi connectivity index (χ1n) is 5.91. The third kappa shape index (κ3) is 3.22. The van der Waals surface area contributed by atoms with Crippen LogP contribution in [0.25, 0.3) is 0 Å². The van der Waals surface area contributed by atoms with Crippen LogP contribution >= 0.6 is 0 Å². The van der Waals surface area contributed by atoms with E-state index in [1.807, 2.05) is 19.1 Å². The Morgan fingerprint density at radius 1 is 1.35 bits per heavy atom. The molecule has 0 N–H and O–H groups in total. The lowest BCUT2D eigenvalue weighted by atomic mass is 9.99. The molecule has 1 rings (SSSR count). The molecule has 1 aromatic carbocycles. The van der Waals surface area contributed by atoms with Crippen molar-refractivity contribution < 1.29 is 14.3 Å². The summed E-state index contributed by atoms with van der Waals surface area (Å²) in [4.78, 5) is 11.2. The zero-order valence-corrected chi connectivity index (χ0v) is 10.9. The maximum Gasteiger partial charge on any atom is 0.157 e. The Morgan fingerprint density at radius 2 is 2.06 bits per heavy atom. The number of rotatable bonds is 6. The van der Waals surface area contributed by atoms with Crippen LogP contribution in [0.2, 0.25) is 0 Å². The SMILES string of the molecule is CCOc1c(CC(C)C)ccc(OC)c1C=O. The van der Waals surface area contributed by atoms with Gasteiger partial charge in [-0.2, -0.15) is 0 Å². The maximum atomic E-state index is 11.2. The third-order valence-corrected chi connectivity index (χ3v) is 2.49. The lowest BCUT2D eigenvalue weighted by molar-refractivity contribution is 0.111. The number of hydrogen-bond acceptors (Lipinski definition) is 3. The molecular weight excluding hydrogens is 216 g/mol. The van der Waals surface area contributed by atoms with Gasteiger partial charge in [0.15, 0.2) is 6.29 Å². The summed E-state index contributed by atoms with van der Waals surface area (Å²) in [5, 5.41) is 0. The predicted molar refractivity (Wildman–Crippen MR) is 68.1 cm³/mol. The van der Waals surface area contributed by atoms with Crippen LogP contribution in [-0.4, -0.2) is 20.0 Å². The van der Waals surface area contributed by atoms with Gasteiger partial charge in [0, 0.05) is 0 Å². The highest BCUT2D eigenvalue weighted by molar-refractivity contribution is 5.84. The van der Waals surface area contributed by atoms with Gasteiger partial charge in [-0.25, -0.2) is 0 Å². The molecular formula is C14H20O3. The molecule has 1 aromatic rings. The van der Waals surface area contributed by atoms with Crippen LogP contribution in [0.4, 0.5) is 0 Å². The molecule has 0 bridgehead atoms. The molecule has 0 fully saturated rings. The molecule has 3 heteroatoms. The summed E-state index contributed by atoms with van der Waals surface area (Å²) in [5.74, 6) is 1.74. The average molecular weight is 236 g/mol. The highest BCUT2D eigenvalue weighted by atomic mass is 16.5. The smallest absolute Gasteiger partial charge is 0.157 e. The fourth-order valence-electron chi connectivity index (χ4n) is 1.83. The molecule has 0 heterocycles. The van der Waals surface area contributed by atoms with Gasteiger partial charge >= 0.3 is 0 Å². The fourth-order valence-corrected chi connectivity index (χ4v) is 1.83. The van der Waals surface area contributed by atoms with E-state index in [0.717, 1.165) is 18.3 Å². The summed E-state index contributed by atoms with van der Waals surface area (Å²) in [6.07, 6.45) is 1.69. The van der Waals surface area contributed by atoms with E-state index in [2.05, 4.69) is 13.8 Å². The normalized spacial score (nSPS) is 10.4. The number of aldehydes is 1. The van der Waals surface area contributed by atoms with Crippen LogP contribution in [0.15, 0.2) is 12.1 Å². The Balaban J connectivity index is 3.25. The second-order valence-corrected chi connectivity index (χ2v) is 4.32. The molecule has 0 aliphatic rings. The summed E-state index contributed by atoms with van der Waals surface area (Å²) in [5.41, 5.74) is 1.57. The highest BCUT2D eigenvalue weighted by Gasteiger charge is 2.15. The van der Waals surface area contributed by atoms with Crippen LogP contribution in [0.3, 0.4) is 0 Å². The van der Waals surface area contributed by atoms with Gasteiger partial charge in [-0.05, 0) is 30.9 Å². The molecule has 0 amide bonds. The molecule has 0 saturated heterocycles. The van der Waals surface area contributed by atoms with Gasteiger partial charge < -0.3 is 9.47 Å². The zero-order valence-electron chi connectivity index (χ0n) is 10.9. The number of benzene rings is 1. The van der Waals surface area contributed by atoms with E-state index in [0.29, 0.717) is 29.6 Å². The Labute approximate surface area is 103 Å². The summed E-state index contributed by atoms with van der Waals surface area (Å²) >= 11 is 0. The van der Waals surface area contributed by atoms with Crippen molar-refractivity contribution in [1.29, 1.82) is 0 Å². The van der Waals surface area contributed by atoms with E-state index < -0.39 is 0 Å². The molecule has 17 heavy (non-hydrogen) atoms. The third-order valence-electron chi connectivity index (χ3n) is 2.49. The summed E-state index contributed by atoms with van der Waals surface area (Å²) < 4.78 is 10.8. The molecule has 0 atom stereocenters. The van der Waals surface area contributed by atoms with Crippen molar-refractivity contribution in [2.24, 2.45) is 5.92 Å². The van der Waals surface area contributed by atoms with Crippen molar-refractivity contribution in [1.82, 2.24) is 0 Å².